The van der Waals surface area contributed by atoms with Crippen LogP contribution in [0.1, 0.15) is 49.3 Å². The molecule has 0 radical (unpaired) electrons. The maximum atomic E-state index is 12.0. The Morgan fingerprint density at radius 2 is 1.64 bits per heavy atom. The lowest BCUT2D eigenvalue weighted by Gasteiger charge is -2.41. The van der Waals surface area contributed by atoms with Gasteiger partial charge in [0.15, 0.2) is 0 Å². The lowest BCUT2D eigenvalue weighted by molar-refractivity contribution is -0.0285. The lowest BCUT2D eigenvalue weighted by atomic mass is 9.74. The zero-order chi connectivity index (χ0) is 19.1. The summed E-state index contributed by atoms with van der Waals surface area (Å²) in [5.74, 6) is 0.0317. The molecule has 3 nitrogen and oxygen atoms in total. The molecule has 4 heteroatoms. The number of nitrogens with zero attached hydrogens (tertiary/aromatic N) is 1. The minimum atomic E-state index is -0.874. The van der Waals surface area contributed by atoms with E-state index < -0.39 is 5.60 Å². The van der Waals surface area contributed by atoms with Crippen molar-refractivity contribution < 1.29 is 9.84 Å². The van der Waals surface area contributed by atoms with Crippen LogP contribution in [-0.2, 0) is 16.8 Å². The minimum absolute atomic E-state index is 0. The van der Waals surface area contributed by atoms with Gasteiger partial charge in [-0.15, -0.1) is 12.4 Å². The predicted octanol–water partition coefficient (Wildman–Crippen LogP) is 4.77. The van der Waals surface area contributed by atoms with Crippen LogP contribution in [0, 0.1) is 0 Å². The molecule has 1 saturated heterocycles. The average Bonchev–Trinajstić information content (AvgIpc) is 2.73. The van der Waals surface area contributed by atoms with Gasteiger partial charge in [-0.25, -0.2) is 0 Å². The van der Waals surface area contributed by atoms with Crippen molar-refractivity contribution in [2.75, 3.05) is 32.8 Å². The number of ether oxygens (including phenoxy) is 1. The van der Waals surface area contributed by atoms with Crippen molar-refractivity contribution in [3.05, 3.63) is 71.3 Å². The first-order chi connectivity index (χ1) is 13.2. The number of hydrogen-bond acceptors (Lipinski definition) is 3. The molecule has 2 atom stereocenters. The Hall–Kier alpha value is -1.39. The summed E-state index contributed by atoms with van der Waals surface area (Å²) in [5, 5.41) is 12.0. The first-order valence-electron chi connectivity index (χ1n) is 10.3. The van der Waals surface area contributed by atoms with E-state index in [1.807, 2.05) is 6.07 Å². The summed E-state index contributed by atoms with van der Waals surface area (Å²) < 4.78 is 5.53. The number of aliphatic hydroxyl groups is 1. The van der Waals surface area contributed by atoms with Gasteiger partial charge in [-0.05, 0) is 29.5 Å². The third-order valence-corrected chi connectivity index (χ3v) is 5.82. The molecule has 28 heavy (non-hydrogen) atoms. The van der Waals surface area contributed by atoms with E-state index in [0.717, 1.165) is 57.7 Å². The maximum absolute atomic E-state index is 12.0. The standard InChI is InChI=1S/C24H33NO2.ClH/c1-3-14-24(26,22-12-10-20(4-2)11-13-22)23(21-8-6-5-7-9-21)19-25-15-17-27-18-16-25;/h5-13,23,26H,3-4,14-19H2,1-2H3;1H. The molecule has 1 N–H and O–H groups in total. The largest absolute Gasteiger partial charge is 0.384 e. The van der Waals surface area contributed by atoms with Gasteiger partial charge < -0.3 is 9.84 Å². The average molecular weight is 404 g/mol. The van der Waals surface area contributed by atoms with E-state index in [4.69, 9.17) is 4.74 Å². The molecule has 2 aromatic rings. The first-order valence-corrected chi connectivity index (χ1v) is 10.3. The monoisotopic (exact) mass is 403 g/mol. The van der Waals surface area contributed by atoms with E-state index in [0.29, 0.717) is 0 Å². The molecule has 0 bridgehead atoms. The smallest absolute Gasteiger partial charge is 0.0976 e. The SMILES string of the molecule is CCCC(O)(c1ccc(CC)cc1)C(CN1CCOCC1)c1ccccc1.Cl. The predicted molar refractivity (Wildman–Crippen MR) is 118 cm³/mol. The fraction of sp³-hybridized carbons (Fsp3) is 0.500. The molecule has 0 aromatic heterocycles. The van der Waals surface area contributed by atoms with E-state index >= 15 is 0 Å². The van der Waals surface area contributed by atoms with Crippen LogP contribution in [0.2, 0.25) is 0 Å². The summed E-state index contributed by atoms with van der Waals surface area (Å²) in [5.41, 5.74) is 2.67. The molecule has 0 aliphatic carbocycles. The van der Waals surface area contributed by atoms with Crippen LogP contribution in [0.25, 0.3) is 0 Å². The van der Waals surface area contributed by atoms with Crippen LogP contribution in [0.5, 0.6) is 0 Å². The fourth-order valence-corrected chi connectivity index (χ4v) is 4.19. The van der Waals surface area contributed by atoms with E-state index in [1.165, 1.54) is 11.1 Å². The first kappa shape index (κ1) is 22.9. The van der Waals surface area contributed by atoms with Crippen molar-refractivity contribution in [2.45, 2.75) is 44.6 Å². The molecule has 2 unspecified atom stereocenters. The van der Waals surface area contributed by atoms with E-state index in [9.17, 15) is 5.11 Å². The van der Waals surface area contributed by atoms with Gasteiger partial charge in [-0.3, -0.25) is 4.90 Å². The number of halogens is 1. The van der Waals surface area contributed by atoms with Crippen molar-refractivity contribution in [1.82, 2.24) is 4.90 Å². The topological polar surface area (TPSA) is 32.7 Å². The second kappa shape index (κ2) is 11.0. The molecule has 1 heterocycles. The zero-order valence-electron chi connectivity index (χ0n) is 17.1. The second-order valence-electron chi connectivity index (χ2n) is 7.60. The summed E-state index contributed by atoms with van der Waals surface area (Å²) in [7, 11) is 0. The summed E-state index contributed by atoms with van der Waals surface area (Å²) in [4.78, 5) is 2.43. The Morgan fingerprint density at radius 1 is 1.00 bits per heavy atom. The summed E-state index contributed by atoms with van der Waals surface area (Å²) in [6.07, 6.45) is 2.71. The van der Waals surface area contributed by atoms with Crippen LogP contribution in [0.4, 0.5) is 0 Å². The van der Waals surface area contributed by atoms with Gasteiger partial charge in [0, 0.05) is 25.6 Å². The Labute approximate surface area is 176 Å². The van der Waals surface area contributed by atoms with E-state index in [1.54, 1.807) is 0 Å². The normalized spacial score (nSPS) is 18.1. The van der Waals surface area contributed by atoms with Crippen molar-refractivity contribution >= 4 is 12.4 Å². The number of benzene rings is 2. The highest BCUT2D eigenvalue weighted by Gasteiger charge is 2.39. The Kier molecular flexibility index (Phi) is 8.97. The number of rotatable bonds is 8. The highest BCUT2D eigenvalue weighted by atomic mass is 35.5. The second-order valence-corrected chi connectivity index (χ2v) is 7.60. The summed E-state index contributed by atoms with van der Waals surface area (Å²) >= 11 is 0. The molecule has 0 saturated carbocycles. The van der Waals surface area contributed by atoms with Gasteiger partial charge in [0.05, 0.1) is 18.8 Å². The Morgan fingerprint density at radius 3 is 2.21 bits per heavy atom. The molecule has 1 aliphatic heterocycles. The van der Waals surface area contributed by atoms with Gasteiger partial charge in [0.2, 0.25) is 0 Å². The number of morpholine rings is 1. The van der Waals surface area contributed by atoms with Crippen LogP contribution < -0.4 is 0 Å². The third kappa shape index (κ3) is 5.36. The minimum Gasteiger partial charge on any atom is -0.384 e. The van der Waals surface area contributed by atoms with Crippen LogP contribution in [-0.4, -0.2) is 42.9 Å². The van der Waals surface area contributed by atoms with Crippen molar-refractivity contribution in [2.24, 2.45) is 0 Å². The lowest BCUT2D eigenvalue weighted by Crippen LogP contribution is -2.45. The molecule has 0 amide bonds. The van der Waals surface area contributed by atoms with Crippen molar-refractivity contribution in [3.63, 3.8) is 0 Å². The Balaban J connectivity index is 0.00000280. The highest BCUT2D eigenvalue weighted by Crippen LogP contribution is 2.41. The van der Waals surface area contributed by atoms with Crippen LogP contribution in [0.15, 0.2) is 54.6 Å². The van der Waals surface area contributed by atoms with Crippen molar-refractivity contribution in [3.8, 4) is 0 Å². The quantitative estimate of drug-likeness (QED) is 0.688. The summed E-state index contributed by atoms with van der Waals surface area (Å²) in [6.45, 7) is 8.58. The highest BCUT2D eigenvalue weighted by molar-refractivity contribution is 5.85. The molecule has 3 rings (SSSR count). The van der Waals surface area contributed by atoms with Gasteiger partial charge in [0.25, 0.3) is 0 Å². The molecular formula is C24H34ClNO2. The number of hydrogen-bond donors (Lipinski definition) is 1. The van der Waals surface area contributed by atoms with E-state index in [2.05, 4.69) is 67.3 Å². The molecular weight excluding hydrogens is 370 g/mol. The maximum Gasteiger partial charge on any atom is 0.0976 e. The zero-order valence-corrected chi connectivity index (χ0v) is 18.0. The third-order valence-electron chi connectivity index (χ3n) is 5.82. The Bertz CT molecular complexity index is 686. The molecule has 1 aliphatic rings. The van der Waals surface area contributed by atoms with Gasteiger partial charge in [-0.1, -0.05) is 74.9 Å². The van der Waals surface area contributed by atoms with Gasteiger partial charge in [-0.2, -0.15) is 0 Å². The molecule has 0 spiro atoms. The molecule has 154 valence electrons. The molecule has 2 aromatic carbocycles. The number of aryl methyl sites for hydroxylation is 1. The fourth-order valence-electron chi connectivity index (χ4n) is 4.19. The molecule has 1 fully saturated rings. The van der Waals surface area contributed by atoms with Crippen LogP contribution >= 0.6 is 12.4 Å². The van der Waals surface area contributed by atoms with Gasteiger partial charge >= 0.3 is 0 Å². The van der Waals surface area contributed by atoms with E-state index in [-0.39, 0.29) is 18.3 Å². The van der Waals surface area contributed by atoms with Crippen molar-refractivity contribution in [1.29, 1.82) is 0 Å². The van der Waals surface area contributed by atoms with Crippen LogP contribution in [0.3, 0.4) is 0 Å². The summed E-state index contributed by atoms with van der Waals surface area (Å²) in [6, 6.07) is 19.1. The van der Waals surface area contributed by atoms with Gasteiger partial charge in [0.1, 0.15) is 0 Å².